The normalized spacial score (nSPS) is 37.5. The topological polar surface area (TPSA) is 62.3 Å². The number of rotatable bonds is 4. The molecule has 0 radical (unpaired) electrons. The molecule has 0 amide bonds. The molecule has 1 aromatic carbocycles. The Balaban J connectivity index is 1.42. The molecule has 118 valence electrons. The first-order chi connectivity index (χ1) is 10.7. The van der Waals surface area contributed by atoms with E-state index in [2.05, 4.69) is 11.9 Å². The number of morpholine rings is 1. The highest BCUT2D eigenvalue weighted by Gasteiger charge is 2.62. The minimum Gasteiger partial charge on any atom is -0.462 e. The van der Waals surface area contributed by atoms with Crippen molar-refractivity contribution in [2.75, 3.05) is 13.7 Å². The number of carbonyl (C=O) groups excluding carboxylic acids is 1. The van der Waals surface area contributed by atoms with Gasteiger partial charge in [-0.3, -0.25) is 9.69 Å². The number of hydrogen-bond acceptors (Lipinski definition) is 5. The Morgan fingerprint density at radius 2 is 1.95 bits per heavy atom. The number of hydrogen-bond donors (Lipinski definition) is 1. The molecule has 3 aliphatic rings. The number of aliphatic hydroxyl groups is 1. The molecular formula is C17H21NO4. The van der Waals surface area contributed by atoms with Gasteiger partial charge in [-0.05, 0) is 12.6 Å². The summed E-state index contributed by atoms with van der Waals surface area (Å²) in [6.45, 7) is -0.226. The van der Waals surface area contributed by atoms with Crippen LogP contribution in [0, 0.1) is 0 Å². The second-order valence-corrected chi connectivity index (χ2v) is 6.54. The smallest absolute Gasteiger partial charge is 0.316 e. The van der Waals surface area contributed by atoms with Crippen LogP contribution in [0.3, 0.4) is 0 Å². The number of ether oxygens (including phenoxy) is 2. The van der Waals surface area contributed by atoms with E-state index in [1.54, 1.807) is 0 Å². The van der Waals surface area contributed by atoms with Crippen molar-refractivity contribution in [3.63, 3.8) is 0 Å². The van der Waals surface area contributed by atoms with Crippen molar-refractivity contribution < 1.29 is 19.4 Å². The predicted octanol–water partition coefficient (Wildman–Crippen LogP) is 0.918. The van der Waals surface area contributed by atoms with E-state index >= 15 is 0 Å². The van der Waals surface area contributed by atoms with E-state index in [1.165, 1.54) is 0 Å². The summed E-state index contributed by atoms with van der Waals surface area (Å²) < 4.78 is 11.4. The van der Waals surface area contributed by atoms with E-state index in [4.69, 9.17) is 9.47 Å². The van der Waals surface area contributed by atoms with Gasteiger partial charge < -0.3 is 14.6 Å². The fraction of sp³-hybridized carbons (Fsp3) is 0.588. The number of carbonyl (C=O) groups is 1. The summed E-state index contributed by atoms with van der Waals surface area (Å²) in [6.07, 6.45) is 2.26. The third kappa shape index (κ3) is 2.24. The maximum absolute atomic E-state index is 12.4. The van der Waals surface area contributed by atoms with Gasteiger partial charge >= 0.3 is 5.97 Å². The quantitative estimate of drug-likeness (QED) is 0.662. The Morgan fingerprint density at radius 3 is 2.55 bits per heavy atom. The minimum absolute atomic E-state index is 0.0622. The minimum atomic E-state index is -0.593. The molecule has 5 heteroatoms. The van der Waals surface area contributed by atoms with Crippen molar-refractivity contribution in [3.05, 3.63) is 35.9 Å². The lowest BCUT2D eigenvalue weighted by Gasteiger charge is -2.38. The zero-order valence-electron chi connectivity index (χ0n) is 12.6. The molecule has 3 fully saturated rings. The maximum atomic E-state index is 12.4. The van der Waals surface area contributed by atoms with Crippen LogP contribution in [0.15, 0.2) is 30.3 Å². The Kier molecular flexibility index (Phi) is 3.44. The summed E-state index contributed by atoms with van der Waals surface area (Å²) in [5.41, 5.74) is 0.803. The zero-order valence-corrected chi connectivity index (χ0v) is 12.6. The Morgan fingerprint density at radius 1 is 1.32 bits per heavy atom. The average molecular weight is 305 g/mol. The van der Waals surface area contributed by atoms with Crippen molar-refractivity contribution in [3.8, 4) is 0 Å². The molecule has 4 rings (SSSR count). The highest BCUT2D eigenvalue weighted by Crippen LogP contribution is 2.48. The molecule has 0 spiro atoms. The van der Waals surface area contributed by atoms with Gasteiger partial charge in [0.25, 0.3) is 0 Å². The Bertz CT molecular complexity index is 545. The number of nitrogens with zero attached hydrogens (tertiary/aromatic N) is 1. The lowest BCUT2D eigenvalue weighted by atomic mass is 9.99. The van der Waals surface area contributed by atoms with Gasteiger partial charge in [-0.2, -0.15) is 0 Å². The molecule has 0 saturated carbocycles. The van der Waals surface area contributed by atoms with E-state index in [1.807, 2.05) is 30.3 Å². The van der Waals surface area contributed by atoms with Crippen molar-refractivity contribution in [1.82, 2.24) is 4.90 Å². The summed E-state index contributed by atoms with van der Waals surface area (Å²) in [4.78, 5) is 14.8. The Labute approximate surface area is 129 Å². The molecule has 22 heavy (non-hydrogen) atoms. The summed E-state index contributed by atoms with van der Waals surface area (Å²) in [5.74, 6) is -0.915. The molecule has 1 aromatic rings. The monoisotopic (exact) mass is 305 g/mol. The number of likely N-dealkylation sites (N-methyl/N-ethyl adjacent to an activating group) is 1. The van der Waals surface area contributed by atoms with Crippen molar-refractivity contribution in [2.45, 2.75) is 49.2 Å². The molecule has 5 nitrogen and oxygen atoms in total. The molecule has 3 heterocycles. The van der Waals surface area contributed by atoms with Crippen LogP contribution >= 0.6 is 0 Å². The average Bonchev–Trinajstić information content (AvgIpc) is 3.27. The van der Waals surface area contributed by atoms with Gasteiger partial charge in [-0.15, -0.1) is 0 Å². The number of benzene rings is 1. The van der Waals surface area contributed by atoms with E-state index in [0.717, 1.165) is 18.4 Å². The summed E-state index contributed by atoms with van der Waals surface area (Å²) in [7, 11) is 2.13. The molecule has 3 saturated heterocycles. The molecule has 1 unspecified atom stereocenters. The van der Waals surface area contributed by atoms with Crippen LogP contribution in [0.25, 0.3) is 0 Å². The van der Waals surface area contributed by atoms with Gasteiger partial charge in [0.1, 0.15) is 24.2 Å². The molecule has 1 N–H and O–H groups in total. The van der Waals surface area contributed by atoms with Crippen LogP contribution in [0.5, 0.6) is 0 Å². The van der Waals surface area contributed by atoms with Crippen LogP contribution in [0.4, 0.5) is 0 Å². The number of aliphatic hydroxyl groups excluding tert-OH is 1. The van der Waals surface area contributed by atoms with Crippen LogP contribution in [-0.2, 0) is 14.3 Å². The third-order valence-electron chi connectivity index (χ3n) is 5.33. The lowest BCUT2D eigenvalue weighted by molar-refractivity contribution is -0.156. The van der Waals surface area contributed by atoms with Crippen LogP contribution in [0.1, 0.15) is 24.3 Å². The fourth-order valence-electron chi connectivity index (χ4n) is 4.04. The summed E-state index contributed by atoms with van der Waals surface area (Å²) in [6, 6.07) is 10.1. The number of fused-ring (bicyclic) bond motifs is 5. The van der Waals surface area contributed by atoms with E-state index < -0.39 is 5.92 Å². The van der Waals surface area contributed by atoms with E-state index in [0.29, 0.717) is 24.3 Å². The molecule has 6 atom stereocenters. The SMILES string of the molecule is CN1[C@@H]2CC(OC(=O)[C@H]([14CH2]O)c3ccccc3)C[C@H]1[C@@H]1O[C@@H]12. The third-order valence-corrected chi connectivity index (χ3v) is 5.33. The molecule has 2 bridgehead atoms. The van der Waals surface area contributed by atoms with Crippen molar-refractivity contribution >= 4 is 5.97 Å². The van der Waals surface area contributed by atoms with E-state index in [-0.39, 0.29) is 18.7 Å². The second-order valence-electron chi connectivity index (χ2n) is 6.54. The highest BCUT2D eigenvalue weighted by atomic mass is 16.6. The summed E-state index contributed by atoms with van der Waals surface area (Å²) in [5, 5.41) is 9.56. The van der Waals surface area contributed by atoms with E-state index in [9.17, 15) is 9.90 Å². The first kappa shape index (κ1) is 14.2. The maximum Gasteiger partial charge on any atom is 0.316 e. The van der Waals surface area contributed by atoms with Gasteiger partial charge in [-0.1, -0.05) is 30.3 Å². The second kappa shape index (κ2) is 5.33. The largest absolute Gasteiger partial charge is 0.462 e. The lowest BCUT2D eigenvalue weighted by Crippen LogP contribution is -2.48. The van der Waals surface area contributed by atoms with Gasteiger partial charge in [-0.25, -0.2) is 0 Å². The molecule has 0 aromatic heterocycles. The number of epoxide rings is 1. The highest BCUT2D eigenvalue weighted by molar-refractivity contribution is 5.78. The fourth-order valence-corrected chi connectivity index (χ4v) is 4.04. The van der Waals surface area contributed by atoms with Gasteiger partial charge in [0.2, 0.25) is 0 Å². The van der Waals surface area contributed by atoms with Gasteiger partial charge in [0.15, 0.2) is 0 Å². The van der Waals surface area contributed by atoms with Crippen LogP contribution in [-0.4, -0.2) is 60.0 Å². The van der Waals surface area contributed by atoms with Gasteiger partial charge in [0.05, 0.1) is 6.61 Å². The molecule has 0 aliphatic carbocycles. The predicted molar refractivity (Wildman–Crippen MR) is 79.4 cm³/mol. The van der Waals surface area contributed by atoms with Gasteiger partial charge in [0, 0.05) is 24.9 Å². The first-order valence-electron chi connectivity index (χ1n) is 7.92. The summed E-state index contributed by atoms with van der Waals surface area (Å²) >= 11 is 0. The van der Waals surface area contributed by atoms with Crippen molar-refractivity contribution in [2.24, 2.45) is 0 Å². The molecule has 3 aliphatic heterocycles. The number of piperidine rings is 1. The van der Waals surface area contributed by atoms with Crippen molar-refractivity contribution in [1.29, 1.82) is 0 Å². The first-order valence-corrected chi connectivity index (χ1v) is 7.92. The van der Waals surface area contributed by atoms with Crippen LogP contribution in [0.2, 0.25) is 0 Å². The van der Waals surface area contributed by atoms with Crippen LogP contribution < -0.4 is 0 Å². The zero-order chi connectivity index (χ0) is 15.3. The standard InChI is InChI=1S/C17H21NO4/c1-18-13-7-11(8-14(18)16-15(13)22-16)21-17(20)12(9-19)10-5-3-2-4-6-10/h2-6,11-16,19H,7-9H2,1H3/t11?,12-,13-,14+,15-,16+/m1/s1/i9+2. The number of esters is 1. The Hall–Kier alpha value is -1.43. The molecular weight excluding hydrogens is 284 g/mol.